The summed E-state index contributed by atoms with van der Waals surface area (Å²) < 4.78 is 6.39. The van der Waals surface area contributed by atoms with Gasteiger partial charge in [-0.05, 0) is 43.2 Å². The van der Waals surface area contributed by atoms with Gasteiger partial charge in [-0.2, -0.15) is 0 Å². The Morgan fingerprint density at radius 2 is 2.05 bits per heavy atom. The first-order valence-electron chi connectivity index (χ1n) is 8.01. The minimum Gasteiger partial charge on any atom is -0.465 e. The summed E-state index contributed by atoms with van der Waals surface area (Å²) in [5.41, 5.74) is 1.29. The lowest BCUT2D eigenvalue weighted by Gasteiger charge is -2.45. The number of rotatable bonds is 0. The summed E-state index contributed by atoms with van der Waals surface area (Å²) in [5.74, 6) is 0. The Labute approximate surface area is 136 Å². The molecule has 122 valence electrons. The molecule has 4 nitrogen and oxygen atoms in total. The van der Waals surface area contributed by atoms with Gasteiger partial charge in [-0.15, -0.1) is 11.3 Å². The standard InChI is InChI=1S/C17H25NO3S/c1-11-9-12-10-13(16(2,3)4)22-14(12)17(21-11)5-7-18(8-6-17)15(19)20/h10-11H,5-9H2,1-4H3,(H,19,20). The summed E-state index contributed by atoms with van der Waals surface area (Å²) in [6.07, 6.45) is 1.88. The van der Waals surface area contributed by atoms with Gasteiger partial charge in [0.25, 0.3) is 0 Å². The quantitative estimate of drug-likeness (QED) is 0.786. The lowest BCUT2D eigenvalue weighted by Crippen LogP contribution is -2.49. The summed E-state index contributed by atoms with van der Waals surface area (Å²) in [7, 11) is 0. The minimum absolute atomic E-state index is 0.147. The molecule has 1 saturated heterocycles. The Morgan fingerprint density at radius 1 is 1.41 bits per heavy atom. The number of likely N-dealkylation sites (tertiary alicyclic amines) is 1. The first-order valence-corrected chi connectivity index (χ1v) is 8.82. The molecule has 0 aliphatic carbocycles. The molecule has 3 heterocycles. The molecule has 1 N–H and O–H groups in total. The summed E-state index contributed by atoms with van der Waals surface area (Å²) in [6.45, 7) is 9.98. The number of hydrogen-bond donors (Lipinski definition) is 1. The van der Waals surface area contributed by atoms with E-state index in [0.717, 1.165) is 19.3 Å². The van der Waals surface area contributed by atoms with E-state index in [1.165, 1.54) is 20.2 Å². The molecular weight excluding hydrogens is 298 g/mol. The Kier molecular flexibility index (Phi) is 3.76. The van der Waals surface area contributed by atoms with E-state index in [4.69, 9.17) is 4.74 Å². The van der Waals surface area contributed by atoms with E-state index in [9.17, 15) is 9.90 Å². The molecule has 3 rings (SSSR count). The number of carbonyl (C=O) groups is 1. The molecule has 5 heteroatoms. The van der Waals surface area contributed by atoms with Crippen LogP contribution in [-0.4, -0.2) is 35.3 Å². The molecule has 1 spiro atoms. The molecule has 1 aromatic rings. The Balaban J connectivity index is 1.95. The summed E-state index contributed by atoms with van der Waals surface area (Å²) in [6, 6.07) is 2.35. The number of amides is 1. The van der Waals surface area contributed by atoms with Gasteiger partial charge in [0.15, 0.2) is 0 Å². The number of fused-ring (bicyclic) bond motifs is 2. The zero-order chi connectivity index (χ0) is 16.1. The van der Waals surface area contributed by atoms with Crippen LogP contribution in [0.5, 0.6) is 0 Å². The van der Waals surface area contributed by atoms with Crippen LogP contribution in [0.3, 0.4) is 0 Å². The van der Waals surface area contributed by atoms with Crippen LogP contribution in [0, 0.1) is 0 Å². The number of hydrogen-bond acceptors (Lipinski definition) is 3. The van der Waals surface area contributed by atoms with E-state index < -0.39 is 6.09 Å². The van der Waals surface area contributed by atoms with Gasteiger partial charge < -0.3 is 14.7 Å². The van der Waals surface area contributed by atoms with E-state index in [1.807, 2.05) is 11.3 Å². The van der Waals surface area contributed by atoms with Gasteiger partial charge in [-0.25, -0.2) is 4.79 Å². The van der Waals surface area contributed by atoms with Crippen molar-refractivity contribution in [3.63, 3.8) is 0 Å². The average Bonchev–Trinajstić information content (AvgIpc) is 2.83. The van der Waals surface area contributed by atoms with Gasteiger partial charge in [0.05, 0.1) is 6.10 Å². The number of piperidine rings is 1. The van der Waals surface area contributed by atoms with Gasteiger partial charge in [0, 0.05) is 22.8 Å². The molecule has 1 amide bonds. The first kappa shape index (κ1) is 15.8. The van der Waals surface area contributed by atoms with Crippen LogP contribution in [0.2, 0.25) is 0 Å². The van der Waals surface area contributed by atoms with Crippen molar-refractivity contribution >= 4 is 17.4 Å². The lowest BCUT2D eigenvalue weighted by atomic mass is 9.83. The summed E-state index contributed by atoms with van der Waals surface area (Å²) in [4.78, 5) is 15.4. The van der Waals surface area contributed by atoms with Crippen molar-refractivity contribution in [3.05, 3.63) is 21.4 Å². The van der Waals surface area contributed by atoms with Crippen LogP contribution in [0.15, 0.2) is 6.07 Å². The summed E-state index contributed by atoms with van der Waals surface area (Å²) >= 11 is 1.87. The number of carboxylic acid groups (broad SMARTS) is 1. The van der Waals surface area contributed by atoms with Crippen LogP contribution >= 0.6 is 11.3 Å². The Bertz CT molecular complexity index is 579. The highest BCUT2D eigenvalue weighted by molar-refractivity contribution is 7.12. The van der Waals surface area contributed by atoms with Crippen molar-refractivity contribution in [3.8, 4) is 0 Å². The molecule has 0 aromatic carbocycles. The largest absolute Gasteiger partial charge is 0.465 e. The second-order valence-electron chi connectivity index (χ2n) is 7.61. The fourth-order valence-corrected chi connectivity index (χ4v) is 4.97. The maximum Gasteiger partial charge on any atom is 0.407 e. The highest BCUT2D eigenvalue weighted by Crippen LogP contribution is 2.48. The molecule has 1 unspecified atom stereocenters. The lowest BCUT2D eigenvalue weighted by molar-refractivity contribution is -0.128. The van der Waals surface area contributed by atoms with Crippen molar-refractivity contribution in [2.45, 2.75) is 64.1 Å². The van der Waals surface area contributed by atoms with Crippen molar-refractivity contribution < 1.29 is 14.6 Å². The molecule has 0 radical (unpaired) electrons. The predicted molar refractivity (Wildman–Crippen MR) is 87.8 cm³/mol. The maximum absolute atomic E-state index is 11.2. The molecule has 1 aromatic heterocycles. The van der Waals surface area contributed by atoms with Crippen LogP contribution < -0.4 is 0 Å². The van der Waals surface area contributed by atoms with E-state index in [-0.39, 0.29) is 17.1 Å². The van der Waals surface area contributed by atoms with E-state index >= 15 is 0 Å². The summed E-state index contributed by atoms with van der Waals surface area (Å²) in [5, 5.41) is 9.17. The fourth-order valence-electron chi connectivity index (χ4n) is 3.53. The molecule has 2 aliphatic heterocycles. The Hall–Kier alpha value is -1.07. The monoisotopic (exact) mass is 323 g/mol. The van der Waals surface area contributed by atoms with Gasteiger partial charge in [-0.3, -0.25) is 0 Å². The zero-order valence-electron chi connectivity index (χ0n) is 13.8. The van der Waals surface area contributed by atoms with Crippen LogP contribution in [0.25, 0.3) is 0 Å². The third-order valence-corrected chi connectivity index (χ3v) is 6.53. The molecule has 0 saturated carbocycles. The zero-order valence-corrected chi connectivity index (χ0v) is 14.6. The van der Waals surface area contributed by atoms with E-state index in [0.29, 0.717) is 13.1 Å². The number of thiophene rings is 1. The molecule has 2 aliphatic rings. The van der Waals surface area contributed by atoms with Gasteiger partial charge >= 0.3 is 6.09 Å². The molecule has 0 bridgehead atoms. The third-order valence-electron chi connectivity index (χ3n) is 4.74. The van der Waals surface area contributed by atoms with Crippen molar-refractivity contribution in [2.24, 2.45) is 0 Å². The number of nitrogens with zero attached hydrogens (tertiary/aromatic N) is 1. The SMILES string of the molecule is CC1Cc2cc(C(C)(C)C)sc2C2(CCN(C(=O)O)CC2)O1. The average molecular weight is 323 g/mol. The second kappa shape index (κ2) is 5.24. The number of ether oxygens (including phenoxy) is 1. The fraction of sp³-hybridized carbons (Fsp3) is 0.706. The maximum atomic E-state index is 11.2. The smallest absolute Gasteiger partial charge is 0.407 e. The molecule has 1 atom stereocenters. The van der Waals surface area contributed by atoms with Gasteiger partial charge in [0.1, 0.15) is 5.60 Å². The Morgan fingerprint density at radius 3 is 2.59 bits per heavy atom. The van der Waals surface area contributed by atoms with Gasteiger partial charge in [0.2, 0.25) is 0 Å². The van der Waals surface area contributed by atoms with Crippen molar-refractivity contribution in [1.29, 1.82) is 0 Å². The normalized spacial score (nSPS) is 24.4. The second-order valence-corrected chi connectivity index (χ2v) is 8.66. The topological polar surface area (TPSA) is 49.8 Å². The third kappa shape index (κ3) is 2.65. The predicted octanol–water partition coefficient (Wildman–Crippen LogP) is 3.98. The van der Waals surface area contributed by atoms with Gasteiger partial charge in [-0.1, -0.05) is 20.8 Å². The van der Waals surface area contributed by atoms with Crippen LogP contribution in [-0.2, 0) is 22.2 Å². The van der Waals surface area contributed by atoms with Crippen LogP contribution in [0.1, 0.15) is 55.9 Å². The first-order chi connectivity index (χ1) is 10.2. The van der Waals surface area contributed by atoms with E-state index in [2.05, 4.69) is 33.8 Å². The molecule has 22 heavy (non-hydrogen) atoms. The van der Waals surface area contributed by atoms with Crippen molar-refractivity contribution in [2.75, 3.05) is 13.1 Å². The van der Waals surface area contributed by atoms with Crippen LogP contribution in [0.4, 0.5) is 4.79 Å². The van der Waals surface area contributed by atoms with E-state index in [1.54, 1.807) is 0 Å². The highest BCUT2D eigenvalue weighted by Gasteiger charge is 2.45. The molecule has 1 fully saturated rings. The molecular formula is C17H25NO3S. The minimum atomic E-state index is -0.819. The highest BCUT2D eigenvalue weighted by atomic mass is 32.1. The van der Waals surface area contributed by atoms with Crippen molar-refractivity contribution in [1.82, 2.24) is 4.90 Å².